The molecule has 9 heteroatoms. The van der Waals surface area contributed by atoms with Crippen molar-refractivity contribution in [2.45, 2.75) is 13.3 Å². The molecule has 0 aliphatic heterocycles. The minimum atomic E-state index is -1.12. The summed E-state index contributed by atoms with van der Waals surface area (Å²) in [4.78, 5) is 31.3. The second-order valence-corrected chi connectivity index (χ2v) is 4.03. The topological polar surface area (TPSA) is 98.8 Å². The Morgan fingerprint density at radius 3 is 2.04 bits per heavy atom. The normalized spacial score (nSPS) is 9.74. The van der Waals surface area contributed by atoms with Gasteiger partial charge in [-0.25, -0.2) is 14.5 Å². The van der Waals surface area contributed by atoms with E-state index in [1.807, 2.05) is 0 Å². The molecule has 0 bridgehead atoms. The Morgan fingerprint density at radius 1 is 0.957 bits per heavy atom. The largest absolute Gasteiger partial charge is 0.543 e. The minimum Gasteiger partial charge on any atom is -0.493 e. The van der Waals surface area contributed by atoms with E-state index in [1.54, 1.807) is 6.92 Å². The Morgan fingerprint density at radius 2 is 1.57 bits per heavy atom. The van der Waals surface area contributed by atoms with Gasteiger partial charge in [0.05, 0.1) is 38.5 Å². The van der Waals surface area contributed by atoms with Crippen molar-refractivity contribution in [3.63, 3.8) is 0 Å². The summed E-state index contributed by atoms with van der Waals surface area (Å²) in [5.41, 5.74) is 0.0324. The summed E-state index contributed by atoms with van der Waals surface area (Å²) in [5.74, 6) is -0.122. The van der Waals surface area contributed by atoms with Crippen LogP contribution < -0.4 is 14.2 Å². The third-order valence-corrected chi connectivity index (χ3v) is 2.54. The molecule has 0 atom stereocenters. The van der Waals surface area contributed by atoms with Crippen molar-refractivity contribution in [1.29, 1.82) is 0 Å². The lowest BCUT2D eigenvalue weighted by atomic mass is 10.2. The van der Waals surface area contributed by atoms with Gasteiger partial charge in [-0.05, 0) is 18.6 Å². The summed E-state index contributed by atoms with van der Waals surface area (Å²) in [5, 5.41) is 4.08. The van der Waals surface area contributed by atoms with Gasteiger partial charge in [0.2, 0.25) is 5.75 Å². The van der Waals surface area contributed by atoms with Crippen LogP contribution in [-0.4, -0.2) is 40.1 Å². The first kappa shape index (κ1) is 18.4. The van der Waals surface area contributed by atoms with Gasteiger partial charge < -0.3 is 18.9 Å². The molecule has 0 radical (unpaired) electrons. The average molecular weight is 330 g/mol. The second kappa shape index (κ2) is 9.36. The summed E-state index contributed by atoms with van der Waals surface area (Å²) in [7, 11) is 4.22. The predicted octanol–water partition coefficient (Wildman–Crippen LogP) is 2.28. The molecule has 0 aliphatic carbocycles. The third kappa shape index (κ3) is 5.22. The number of methoxy groups -OCH3 is 3. The van der Waals surface area contributed by atoms with Crippen LogP contribution in [0.15, 0.2) is 12.1 Å². The van der Waals surface area contributed by atoms with Gasteiger partial charge in [0, 0.05) is 0 Å². The van der Waals surface area contributed by atoms with Crippen molar-refractivity contribution >= 4 is 12.1 Å². The molecular formula is C14H18O9. The molecule has 0 spiro atoms. The summed E-state index contributed by atoms with van der Waals surface area (Å²) < 4.78 is 19.9. The van der Waals surface area contributed by atoms with Crippen LogP contribution in [0.3, 0.4) is 0 Å². The highest BCUT2D eigenvalue weighted by Crippen LogP contribution is 2.38. The predicted molar refractivity (Wildman–Crippen MR) is 75.3 cm³/mol. The van der Waals surface area contributed by atoms with Crippen molar-refractivity contribution in [2.75, 3.05) is 27.9 Å². The maximum absolute atomic E-state index is 11.8. The molecule has 0 aromatic heterocycles. The summed E-state index contributed by atoms with van der Waals surface area (Å²) in [6.07, 6.45) is -0.509. The Balaban J connectivity index is 2.71. The van der Waals surface area contributed by atoms with E-state index in [2.05, 4.69) is 19.6 Å². The Bertz CT molecular complexity index is 516. The van der Waals surface area contributed by atoms with E-state index in [-0.39, 0.29) is 23.7 Å². The lowest BCUT2D eigenvalue weighted by Crippen LogP contribution is -2.12. The molecule has 0 heterocycles. The van der Waals surface area contributed by atoms with Crippen LogP contribution in [0.5, 0.6) is 17.2 Å². The zero-order chi connectivity index (χ0) is 17.2. The zero-order valence-corrected chi connectivity index (χ0v) is 13.2. The van der Waals surface area contributed by atoms with E-state index in [4.69, 9.17) is 14.2 Å². The number of hydrogen-bond acceptors (Lipinski definition) is 9. The molecular weight excluding hydrogens is 312 g/mol. The van der Waals surface area contributed by atoms with Crippen LogP contribution in [0.2, 0.25) is 0 Å². The van der Waals surface area contributed by atoms with E-state index in [0.717, 1.165) is 0 Å². The molecule has 1 aromatic carbocycles. The fourth-order valence-corrected chi connectivity index (χ4v) is 1.53. The summed E-state index contributed by atoms with van der Waals surface area (Å²) in [6, 6.07) is 2.70. The molecule has 23 heavy (non-hydrogen) atoms. The van der Waals surface area contributed by atoms with Gasteiger partial charge in [0.15, 0.2) is 11.5 Å². The van der Waals surface area contributed by atoms with Crippen LogP contribution in [0.4, 0.5) is 4.79 Å². The van der Waals surface area contributed by atoms with E-state index in [1.165, 1.54) is 33.5 Å². The van der Waals surface area contributed by atoms with Crippen molar-refractivity contribution in [3.8, 4) is 17.2 Å². The van der Waals surface area contributed by atoms with Crippen LogP contribution >= 0.6 is 0 Å². The van der Waals surface area contributed by atoms with Crippen molar-refractivity contribution < 1.29 is 43.3 Å². The summed E-state index contributed by atoms with van der Waals surface area (Å²) in [6.45, 7) is 1.96. The second-order valence-electron chi connectivity index (χ2n) is 4.03. The SMILES string of the molecule is CCCOC(=O)OOOC(=O)c1cc(OC)c(OC)c(OC)c1. The number of ether oxygens (including phenoxy) is 4. The molecule has 0 fully saturated rings. The molecule has 1 rings (SSSR count). The van der Waals surface area contributed by atoms with Gasteiger partial charge in [-0.1, -0.05) is 6.92 Å². The number of benzene rings is 1. The monoisotopic (exact) mass is 330 g/mol. The Kier molecular flexibility index (Phi) is 7.48. The quantitative estimate of drug-likeness (QED) is 0.404. The van der Waals surface area contributed by atoms with Gasteiger partial charge in [-0.2, -0.15) is 0 Å². The fourth-order valence-electron chi connectivity index (χ4n) is 1.53. The lowest BCUT2D eigenvalue weighted by molar-refractivity contribution is -0.452. The van der Waals surface area contributed by atoms with E-state index in [0.29, 0.717) is 12.2 Å². The number of carbonyl (C=O) groups excluding carboxylic acids is 2. The first-order chi connectivity index (χ1) is 11.1. The van der Waals surface area contributed by atoms with E-state index < -0.39 is 12.1 Å². The Hall–Kier alpha value is -2.68. The van der Waals surface area contributed by atoms with Crippen LogP contribution in [0, 0.1) is 0 Å². The molecule has 0 amide bonds. The van der Waals surface area contributed by atoms with Gasteiger partial charge in [0.1, 0.15) is 0 Å². The number of rotatable bonds is 8. The van der Waals surface area contributed by atoms with Crippen molar-refractivity contribution in [2.24, 2.45) is 0 Å². The standard InChI is InChI=1S/C14H18O9/c1-5-6-20-14(16)22-23-21-13(15)9-7-10(17-2)12(19-4)11(8-9)18-3/h7-8H,5-6H2,1-4H3. The van der Waals surface area contributed by atoms with E-state index in [9.17, 15) is 9.59 Å². The molecule has 1 aromatic rings. The van der Waals surface area contributed by atoms with Gasteiger partial charge in [-0.3, -0.25) is 4.89 Å². The average Bonchev–Trinajstić information content (AvgIpc) is 2.58. The number of hydrogen-bond donors (Lipinski definition) is 0. The Labute approximate surface area is 132 Å². The molecule has 0 saturated heterocycles. The molecule has 128 valence electrons. The smallest absolute Gasteiger partial charge is 0.493 e. The van der Waals surface area contributed by atoms with Crippen LogP contribution in [0.1, 0.15) is 23.7 Å². The lowest BCUT2D eigenvalue weighted by Gasteiger charge is -2.13. The fraction of sp³-hybridized carbons (Fsp3) is 0.429. The van der Waals surface area contributed by atoms with Crippen LogP contribution in [0.25, 0.3) is 0 Å². The molecule has 0 aliphatic rings. The molecule has 0 saturated carbocycles. The van der Waals surface area contributed by atoms with Gasteiger partial charge in [0.25, 0.3) is 0 Å². The minimum absolute atomic E-state index is 0.0324. The third-order valence-electron chi connectivity index (χ3n) is 2.54. The summed E-state index contributed by atoms with van der Waals surface area (Å²) >= 11 is 0. The highest BCUT2D eigenvalue weighted by molar-refractivity contribution is 5.90. The maximum Gasteiger partial charge on any atom is 0.543 e. The number of carbonyl (C=O) groups is 2. The van der Waals surface area contributed by atoms with Gasteiger partial charge >= 0.3 is 12.1 Å². The highest BCUT2D eigenvalue weighted by Gasteiger charge is 2.19. The van der Waals surface area contributed by atoms with Crippen molar-refractivity contribution in [3.05, 3.63) is 17.7 Å². The molecule has 0 N–H and O–H groups in total. The van der Waals surface area contributed by atoms with Gasteiger partial charge in [-0.15, -0.1) is 0 Å². The first-order valence-electron chi connectivity index (χ1n) is 6.59. The van der Waals surface area contributed by atoms with E-state index >= 15 is 0 Å². The zero-order valence-electron chi connectivity index (χ0n) is 13.2. The first-order valence-corrected chi connectivity index (χ1v) is 6.59. The highest BCUT2D eigenvalue weighted by atomic mass is 17.5. The van der Waals surface area contributed by atoms with Crippen molar-refractivity contribution in [1.82, 2.24) is 0 Å². The molecule has 0 unspecified atom stereocenters. The van der Waals surface area contributed by atoms with Crippen LogP contribution in [-0.2, 0) is 19.6 Å². The maximum atomic E-state index is 11.8. The molecule has 9 nitrogen and oxygen atoms in total.